The zero-order valence-corrected chi connectivity index (χ0v) is 13.7. The van der Waals surface area contributed by atoms with Crippen molar-refractivity contribution in [3.05, 3.63) is 29.3 Å². The molecule has 1 N–H and O–H groups in total. The maximum Gasteiger partial charge on any atom is 0.231 e. The number of hydrogen-bond donors (Lipinski definition) is 1. The number of aromatic nitrogens is 1. The largest absolute Gasteiger partial charge is 0.454 e. The molecular formula is C17H20N2O3S. The fourth-order valence-corrected chi connectivity index (χ4v) is 3.74. The number of hydrogen-bond acceptors (Lipinski definition) is 6. The third-order valence-corrected chi connectivity index (χ3v) is 5.11. The van der Waals surface area contributed by atoms with Gasteiger partial charge in [-0.05, 0) is 37.0 Å². The van der Waals surface area contributed by atoms with Crippen LogP contribution < -0.4 is 14.8 Å². The Morgan fingerprint density at radius 3 is 3.13 bits per heavy atom. The molecule has 2 aliphatic heterocycles. The summed E-state index contributed by atoms with van der Waals surface area (Å²) in [5.41, 5.74) is 2.16. The molecule has 2 aromatic rings. The van der Waals surface area contributed by atoms with Gasteiger partial charge in [-0.1, -0.05) is 0 Å². The summed E-state index contributed by atoms with van der Waals surface area (Å²) in [6, 6.07) is 5.97. The molecule has 0 radical (unpaired) electrons. The zero-order valence-electron chi connectivity index (χ0n) is 12.9. The monoisotopic (exact) mass is 332 g/mol. The first-order valence-electron chi connectivity index (χ1n) is 8.01. The molecule has 2 aliphatic rings. The second kappa shape index (κ2) is 6.86. The number of fused-ring (bicyclic) bond motifs is 1. The van der Waals surface area contributed by atoms with Gasteiger partial charge < -0.3 is 19.5 Å². The molecule has 1 fully saturated rings. The molecule has 1 unspecified atom stereocenters. The Bertz CT molecular complexity index is 668. The molecule has 4 rings (SSSR count). The van der Waals surface area contributed by atoms with E-state index in [1.807, 2.05) is 18.2 Å². The molecule has 6 heteroatoms. The summed E-state index contributed by atoms with van der Waals surface area (Å²) in [6.07, 6.45) is 2.43. The Morgan fingerprint density at radius 1 is 1.26 bits per heavy atom. The second-order valence-corrected chi connectivity index (χ2v) is 6.78. The van der Waals surface area contributed by atoms with Crippen molar-refractivity contribution in [3.63, 3.8) is 0 Å². The van der Waals surface area contributed by atoms with E-state index in [9.17, 15) is 0 Å². The van der Waals surface area contributed by atoms with Crippen molar-refractivity contribution in [3.8, 4) is 22.1 Å². The highest BCUT2D eigenvalue weighted by Crippen LogP contribution is 2.36. The van der Waals surface area contributed by atoms with Gasteiger partial charge >= 0.3 is 0 Å². The molecule has 5 nitrogen and oxygen atoms in total. The van der Waals surface area contributed by atoms with Crippen LogP contribution in [0.2, 0.25) is 0 Å². The number of nitrogens with zero attached hydrogens (tertiary/aromatic N) is 1. The summed E-state index contributed by atoms with van der Waals surface area (Å²) in [4.78, 5) is 4.72. The molecule has 0 spiro atoms. The molecule has 1 saturated heterocycles. The lowest BCUT2D eigenvalue weighted by Gasteiger charge is -2.22. The van der Waals surface area contributed by atoms with Gasteiger partial charge in [-0.25, -0.2) is 4.98 Å². The normalized spacial score (nSPS) is 19.9. The Hall–Kier alpha value is -1.63. The van der Waals surface area contributed by atoms with Crippen molar-refractivity contribution in [2.24, 2.45) is 5.92 Å². The fraction of sp³-hybridized carbons (Fsp3) is 0.471. The van der Waals surface area contributed by atoms with Crippen LogP contribution in [0.15, 0.2) is 23.6 Å². The molecule has 0 amide bonds. The highest BCUT2D eigenvalue weighted by Gasteiger charge is 2.16. The summed E-state index contributed by atoms with van der Waals surface area (Å²) in [5, 5.41) is 6.63. The van der Waals surface area contributed by atoms with E-state index in [1.165, 1.54) is 12.8 Å². The standard InChI is InChI=1S/C17H20N2O3S/c1-2-12(9-20-5-1)7-18-8-14-10-23-17(19-14)13-3-4-15-16(6-13)22-11-21-15/h3-4,6,10,12,18H,1-2,5,7-9,11H2. The Balaban J connectivity index is 1.35. The van der Waals surface area contributed by atoms with Crippen LogP contribution in [0, 0.1) is 5.92 Å². The molecule has 122 valence electrons. The third kappa shape index (κ3) is 3.49. The smallest absolute Gasteiger partial charge is 0.231 e. The lowest BCUT2D eigenvalue weighted by Crippen LogP contribution is -2.28. The van der Waals surface area contributed by atoms with Gasteiger partial charge in [-0.3, -0.25) is 0 Å². The van der Waals surface area contributed by atoms with Crippen molar-refractivity contribution < 1.29 is 14.2 Å². The Morgan fingerprint density at radius 2 is 2.22 bits per heavy atom. The number of ether oxygens (including phenoxy) is 3. The lowest BCUT2D eigenvalue weighted by atomic mass is 10.0. The van der Waals surface area contributed by atoms with E-state index < -0.39 is 0 Å². The van der Waals surface area contributed by atoms with E-state index in [0.29, 0.717) is 12.7 Å². The molecule has 1 aromatic carbocycles. The highest BCUT2D eigenvalue weighted by atomic mass is 32.1. The first-order chi connectivity index (χ1) is 11.4. The SMILES string of the molecule is c1cc2c(cc1-c1nc(CNCC3CCCOC3)cs1)OCO2. The predicted molar refractivity (Wildman–Crippen MR) is 88.9 cm³/mol. The number of thiazole rings is 1. The molecule has 3 heterocycles. The van der Waals surface area contributed by atoms with Crippen LogP contribution in [0.25, 0.3) is 10.6 Å². The number of rotatable bonds is 5. The van der Waals surface area contributed by atoms with Gasteiger partial charge in [0.05, 0.1) is 12.3 Å². The van der Waals surface area contributed by atoms with Gasteiger partial charge in [0.2, 0.25) is 6.79 Å². The topological polar surface area (TPSA) is 52.6 Å². The van der Waals surface area contributed by atoms with Crippen molar-refractivity contribution >= 4 is 11.3 Å². The quantitative estimate of drug-likeness (QED) is 0.912. The summed E-state index contributed by atoms with van der Waals surface area (Å²) in [5.74, 6) is 2.24. The Kier molecular flexibility index (Phi) is 4.46. The van der Waals surface area contributed by atoms with Gasteiger partial charge in [0.15, 0.2) is 11.5 Å². The molecule has 1 aromatic heterocycles. The minimum atomic E-state index is 0.302. The molecule has 0 aliphatic carbocycles. The molecule has 0 saturated carbocycles. The average molecular weight is 332 g/mol. The van der Waals surface area contributed by atoms with E-state index in [1.54, 1.807) is 11.3 Å². The van der Waals surface area contributed by atoms with E-state index in [0.717, 1.165) is 54.1 Å². The van der Waals surface area contributed by atoms with Gasteiger partial charge in [0, 0.05) is 30.6 Å². The van der Waals surface area contributed by atoms with Crippen LogP contribution in [-0.2, 0) is 11.3 Å². The maximum atomic E-state index is 5.51. The molecule has 23 heavy (non-hydrogen) atoms. The Labute approximate surface area is 139 Å². The fourth-order valence-electron chi connectivity index (χ4n) is 2.92. The summed E-state index contributed by atoms with van der Waals surface area (Å²) < 4.78 is 16.3. The summed E-state index contributed by atoms with van der Waals surface area (Å²) >= 11 is 1.66. The maximum absolute atomic E-state index is 5.51. The lowest BCUT2D eigenvalue weighted by molar-refractivity contribution is 0.0547. The van der Waals surface area contributed by atoms with Crippen molar-refractivity contribution in [1.82, 2.24) is 10.3 Å². The van der Waals surface area contributed by atoms with Crippen LogP contribution in [0.3, 0.4) is 0 Å². The first kappa shape index (κ1) is 14.9. The van der Waals surface area contributed by atoms with Crippen LogP contribution in [0.4, 0.5) is 0 Å². The zero-order chi connectivity index (χ0) is 15.5. The van der Waals surface area contributed by atoms with E-state index in [2.05, 4.69) is 10.7 Å². The third-order valence-electron chi connectivity index (χ3n) is 4.16. The second-order valence-electron chi connectivity index (χ2n) is 5.93. The van der Waals surface area contributed by atoms with Crippen molar-refractivity contribution in [2.75, 3.05) is 26.6 Å². The minimum Gasteiger partial charge on any atom is -0.454 e. The number of nitrogens with one attached hydrogen (secondary N) is 1. The molecule has 0 bridgehead atoms. The minimum absolute atomic E-state index is 0.302. The van der Waals surface area contributed by atoms with Crippen LogP contribution >= 0.6 is 11.3 Å². The van der Waals surface area contributed by atoms with E-state index in [4.69, 9.17) is 19.2 Å². The van der Waals surface area contributed by atoms with E-state index in [-0.39, 0.29) is 0 Å². The summed E-state index contributed by atoms with van der Waals surface area (Å²) in [6.45, 7) is 3.90. The van der Waals surface area contributed by atoms with Gasteiger partial charge in [-0.2, -0.15) is 0 Å². The highest BCUT2D eigenvalue weighted by molar-refractivity contribution is 7.13. The van der Waals surface area contributed by atoms with Crippen LogP contribution in [-0.4, -0.2) is 31.5 Å². The van der Waals surface area contributed by atoms with Gasteiger partial charge in [0.1, 0.15) is 5.01 Å². The van der Waals surface area contributed by atoms with Crippen molar-refractivity contribution in [2.45, 2.75) is 19.4 Å². The molecule has 1 atom stereocenters. The van der Waals surface area contributed by atoms with Crippen LogP contribution in [0.1, 0.15) is 18.5 Å². The number of benzene rings is 1. The van der Waals surface area contributed by atoms with Gasteiger partial charge in [-0.15, -0.1) is 11.3 Å². The first-order valence-corrected chi connectivity index (χ1v) is 8.89. The predicted octanol–water partition coefficient (Wildman–Crippen LogP) is 3.06. The van der Waals surface area contributed by atoms with Gasteiger partial charge in [0.25, 0.3) is 0 Å². The average Bonchev–Trinajstić information content (AvgIpc) is 3.24. The van der Waals surface area contributed by atoms with Crippen LogP contribution in [0.5, 0.6) is 11.5 Å². The summed E-state index contributed by atoms with van der Waals surface area (Å²) in [7, 11) is 0. The molecular weight excluding hydrogens is 312 g/mol. The van der Waals surface area contributed by atoms with Crippen molar-refractivity contribution in [1.29, 1.82) is 0 Å². The van der Waals surface area contributed by atoms with E-state index >= 15 is 0 Å².